The van der Waals surface area contributed by atoms with Crippen LogP contribution in [0.4, 0.5) is 5.13 Å². The summed E-state index contributed by atoms with van der Waals surface area (Å²) < 4.78 is 10.5. The number of methoxy groups -OCH3 is 2. The number of thiazole rings is 1. The second-order valence-electron chi connectivity index (χ2n) is 6.01. The van der Waals surface area contributed by atoms with Crippen molar-refractivity contribution in [1.82, 2.24) is 10.3 Å². The van der Waals surface area contributed by atoms with Gasteiger partial charge in [-0.1, -0.05) is 6.07 Å². The average Bonchev–Trinajstić information content (AvgIpc) is 3.10. The number of benzene rings is 1. The number of carbonyl (C=O) groups excluding carboxylic acids is 1. The maximum absolute atomic E-state index is 12.3. The molecule has 0 spiro atoms. The maximum Gasteiger partial charge on any atom is 0.230 e. The van der Waals surface area contributed by atoms with Crippen molar-refractivity contribution in [3.63, 3.8) is 0 Å². The molecule has 0 saturated carbocycles. The van der Waals surface area contributed by atoms with Gasteiger partial charge in [0.2, 0.25) is 5.91 Å². The van der Waals surface area contributed by atoms with Crippen LogP contribution in [0.25, 0.3) is 0 Å². The Hall–Kier alpha value is -2.12. The fraction of sp³-hybridized carbons (Fsp3) is 0.444. The highest BCUT2D eigenvalue weighted by Crippen LogP contribution is 2.32. The molecule has 1 fully saturated rings. The Labute approximate surface area is 151 Å². The number of hydrogen-bond donors (Lipinski definition) is 2. The van der Waals surface area contributed by atoms with E-state index in [2.05, 4.69) is 15.6 Å². The van der Waals surface area contributed by atoms with E-state index >= 15 is 0 Å². The monoisotopic (exact) mass is 361 g/mol. The number of anilines is 1. The van der Waals surface area contributed by atoms with Gasteiger partial charge in [-0.3, -0.25) is 4.79 Å². The third-order valence-corrected chi connectivity index (χ3v) is 5.40. The molecule has 2 heterocycles. The summed E-state index contributed by atoms with van der Waals surface area (Å²) in [6.45, 7) is 2.09. The molecule has 1 aromatic carbocycles. The Balaban J connectivity index is 1.60. The fourth-order valence-corrected chi connectivity index (χ4v) is 3.98. The van der Waals surface area contributed by atoms with Crippen molar-refractivity contribution in [1.29, 1.82) is 0 Å². The molecule has 0 aliphatic carbocycles. The molecule has 0 radical (unpaired) electrons. The molecule has 7 heteroatoms. The first-order valence-electron chi connectivity index (χ1n) is 8.37. The molecule has 25 heavy (non-hydrogen) atoms. The molecule has 0 atom stereocenters. The molecule has 3 rings (SSSR count). The summed E-state index contributed by atoms with van der Waals surface area (Å²) in [4.78, 5) is 17.9. The Morgan fingerprint density at radius 1 is 1.28 bits per heavy atom. The molecule has 2 N–H and O–H groups in total. The molecule has 134 valence electrons. The first-order chi connectivity index (χ1) is 12.2. The van der Waals surface area contributed by atoms with E-state index in [0.717, 1.165) is 31.5 Å². The van der Waals surface area contributed by atoms with Crippen molar-refractivity contribution in [3.8, 4) is 11.5 Å². The van der Waals surface area contributed by atoms with Crippen molar-refractivity contribution in [3.05, 3.63) is 34.8 Å². The number of amides is 1. The average molecular weight is 361 g/mol. The van der Waals surface area contributed by atoms with Crippen molar-refractivity contribution < 1.29 is 14.3 Å². The summed E-state index contributed by atoms with van der Waals surface area (Å²) in [7, 11) is 3.17. The number of carbonyl (C=O) groups is 1. The van der Waals surface area contributed by atoms with Gasteiger partial charge in [-0.25, -0.2) is 4.98 Å². The molecule has 1 aromatic heterocycles. The first-order valence-corrected chi connectivity index (χ1v) is 9.18. The minimum atomic E-state index is -0.0848. The van der Waals surface area contributed by atoms with E-state index < -0.39 is 0 Å². The van der Waals surface area contributed by atoms with Crippen molar-refractivity contribution in [2.75, 3.05) is 32.6 Å². The lowest BCUT2D eigenvalue weighted by molar-refractivity contribution is -0.115. The van der Waals surface area contributed by atoms with Crippen LogP contribution in [0, 0.1) is 0 Å². The molecule has 0 unspecified atom stereocenters. The number of aromatic nitrogens is 1. The SMILES string of the molecule is COc1ccc(CC(=O)Nc2ncc(C3CCNCC3)s2)cc1OC. The third-order valence-electron chi connectivity index (χ3n) is 4.32. The third kappa shape index (κ3) is 4.49. The van der Waals surface area contributed by atoms with Gasteiger partial charge in [0.25, 0.3) is 0 Å². The van der Waals surface area contributed by atoms with Gasteiger partial charge in [0.1, 0.15) is 0 Å². The van der Waals surface area contributed by atoms with Gasteiger partial charge in [-0.05, 0) is 49.5 Å². The van der Waals surface area contributed by atoms with Gasteiger partial charge >= 0.3 is 0 Å². The quantitative estimate of drug-likeness (QED) is 0.828. The van der Waals surface area contributed by atoms with Crippen LogP contribution >= 0.6 is 11.3 Å². The second-order valence-corrected chi connectivity index (χ2v) is 7.07. The molecule has 1 aliphatic rings. The normalized spacial score (nSPS) is 15.0. The summed E-state index contributed by atoms with van der Waals surface area (Å²) in [6, 6.07) is 5.49. The number of nitrogens with zero attached hydrogens (tertiary/aromatic N) is 1. The highest BCUT2D eigenvalue weighted by molar-refractivity contribution is 7.15. The van der Waals surface area contributed by atoms with Crippen LogP contribution in [0.5, 0.6) is 11.5 Å². The summed E-state index contributed by atoms with van der Waals surface area (Å²) >= 11 is 1.58. The molecule has 6 nitrogen and oxygen atoms in total. The smallest absolute Gasteiger partial charge is 0.230 e. The topological polar surface area (TPSA) is 72.5 Å². The number of hydrogen-bond acceptors (Lipinski definition) is 6. The lowest BCUT2D eigenvalue weighted by Crippen LogP contribution is -2.26. The first kappa shape index (κ1) is 17.7. The zero-order valence-electron chi connectivity index (χ0n) is 14.5. The van der Waals surface area contributed by atoms with Gasteiger partial charge in [0.15, 0.2) is 16.6 Å². The molecule has 1 aliphatic heterocycles. The van der Waals surface area contributed by atoms with Crippen LogP contribution < -0.4 is 20.1 Å². The van der Waals surface area contributed by atoms with Gasteiger partial charge in [-0.15, -0.1) is 11.3 Å². The molecule has 1 amide bonds. The predicted octanol–water partition coefficient (Wildman–Crippen LogP) is 2.81. The van der Waals surface area contributed by atoms with E-state index in [9.17, 15) is 4.79 Å². The second kappa shape index (κ2) is 8.31. The van der Waals surface area contributed by atoms with E-state index in [-0.39, 0.29) is 12.3 Å². The lowest BCUT2D eigenvalue weighted by atomic mass is 9.97. The van der Waals surface area contributed by atoms with Crippen LogP contribution in [0.3, 0.4) is 0 Å². The minimum Gasteiger partial charge on any atom is -0.493 e. The highest BCUT2D eigenvalue weighted by atomic mass is 32.1. The summed E-state index contributed by atoms with van der Waals surface area (Å²) in [5.74, 6) is 1.74. The minimum absolute atomic E-state index is 0.0848. The summed E-state index contributed by atoms with van der Waals surface area (Å²) in [5.41, 5.74) is 0.866. The number of rotatable bonds is 6. The van der Waals surface area contributed by atoms with E-state index in [1.54, 1.807) is 31.6 Å². The van der Waals surface area contributed by atoms with Gasteiger partial charge in [0.05, 0.1) is 20.6 Å². The molecule has 2 aromatic rings. The number of piperidine rings is 1. The molecule has 0 bridgehead atoms. The van der Waals surface area contributed by atoms with Crippen molar-refractivity contribution in [2.45, 2.75) is 25.2 Å². The summed E-state index contributed by atoms with van der Waals surface area (Å²) in [5, 5.41) is 6.93. The Kier molecular flexibility index (Phi) is 5.88. The van der Waals surface area contributed by atoms with Crippen molar-refractivity contribution in [2.24, 2.45) is 0 Å². The summed E-state index contributed by atoms with van der Waals surface area (Å²) in [6.07, 6.45) is 4.41. The largest absolute Gasteiger partial charge is 0.493 e. The van der Waals surface area contributed by atoms with Crippen LogP contribution in [0.2, 0.25) is 0 Å². The van der Waals surface area contributed by atoms with Gasteiger partial charge < -0.3 is 20.1 Å². The van der Waals surface area contributed by atoms with E-state index in [0.29, 0.717) is 22.5 Å². The van der Waals surface area contributed by atoms with Crippen LogP contribution in [-0.4, -0.2) is 38.2 Å². The molecular weight excluding hydrogens is 338 g/mol. The van der Waals surface area contributed by atoms with E-state index in [1.165, 1.54) is 4.88 Å². The predicted molar refractivity (Wildman–Crippen MR) is 98.8 cm³/mol. The number of nitrogens with one attached hydrogen (secondary N) is 2. The Morgan fingerprint density at radius 3 is 2.76 bits per heavy atom. The van der Waals surface area contributed by atoms with Crippen LogP contribution in [0.15, 0.2) is 24.4 Å². The zero-order valence-corrected chi connectivity index (χ0v) is 15.3. The fourth-order valence-electron chi connectivity index (χ4n) is 2.98. The maximum atomic E-state index is 12.3. The zero-order chi connectivity index (χ0) is 17.6. The number of ether oxygens (including phenoxy) is 2. The van der Waals surface area contributed by atoms with Crippen LogP contribution in [0.1, 0.15) is 29.2 Å². The van der Waals surface area contributed by atoms with Crippen molar-refractivity contribution >= 4 is 22.4 Å². The van der Waals surface area contributed by atoms with E-state index in [4.69, 9.17) is 9.47 Å². The van der Waals surface area contributed by atoms with Gasteiger partial charge in [0, 0.05) is 11.1 Å². The Bertz CT molecular complexity index is 726. The van der Waals surface area contributed by atoms with Gasteiger partial charge in [-0.2, -0.15) is 0 Å². The van der Waals surface area contributed by atoms with E-state index in [1.807, 2.05) is 18.3 Å². The lowest BCUT2D eigenvalue weighted by Gasteiger charge is -2.20. The molecular formula is C18H23N3O3S. The standard InChI is InChI=1S/C18H23N3O3S/c1-23-14-4-3-12(9-15(14)24-2)10-17(22)21-18-20-11-16(25-18)13-5-7-19-8-6-13/h3-4,9,11,13,19H,5-8,10H2,1-2H3,(H,20,21,22). The highest BCUT2D eigenvalue weighted by Gasteiger charge is 2.18. The van der Waals surface area contributed by atoms with Crippen LogP contribution in [-0.2, 0) is 11.2 Å². The Morgan fingerprint density at radius 2 is 2.04 bits per heavy atom. The molecule has 1 saturated heterocycles.